The van der Waals surface area contributed by atoms with Gasteiger partial charge in [-0.1, -0.05) is 0 Å². The van der Waals surface area contributed by atoms with Crippen molar-refractivity contribution in [2.45, 2.75) is 0 Å². The molecular formula is C17H15BrOS2Se. The predicted molar refractivity (Wildman–Crippen MR) is 104 cm³/mol. The van der Waals surface area contributed by atoms with Gasteiger partial charge < -0.3 is 0 Å². The van der Waals surface area contributed by atoms with Crippen LogP contribution in [-0.2, 0) is 0 Å². The summed E-state index contributed by atoms with van der Waals surface area (Å²) in [6.45, 7) is 0. The van der Waals surface area contributed by atoms with Crippen molar-refractivity contribution < 1.29 is 4.79 Å². The monoisotopic (exact) mass is 458 g/mol. The van der Waals surface area contributed by atoms with Crippen LogP contribution in [0.15, 0.2) is 67.8 Å². The van der Waals surface area contributed by atoms with Gasteiger partial charge in [0.15, 0.2) is 0 Å². The number of carbonyl (C=O) groups excluding carboxylic acids is 1. The van der Waals surface area contributed by atoms with E-state index >= 15 is 0 Å². The van der Waals surface area contributed by atoms with Gasteiger partial charge in [0.1, 0.15) is 0 Å². The van der Waals surface area contributed by atoms with Gasteiger partial charge in [0.05, 0.1) is 0 Å². The Morgan fingerprint density at radius 1 is 0.955 bits per heavy atom. The van der Waals surface area contributed by atoms with Gasteiger partial charge in [-0.05, 0) is 0 Å². The Kier molecular flexibility index (Phi) is 7.32. The van der Waals surface area contributed by atoms with Gasteiger partial charge in [0.2, 0.25) is 0 Å². The van der Waals surface area contributed by atoms with E-state index in [1.54, 1.807) is 23.5 Å². The number of rotatable bonds is 6. The molecule has 2 rings (SSSR count). The molecule has 0 spiro atoms. The van der Waals surface area contributed by atoms with Gasteiger partial charge in [-0.25, -0.2) is 0 Å². The van der Waals surface area contributed by atoms with Crippen LogP contribution in [0.2, 0.25) is 0 Å². The molecule has 0 saturated carbocycles. The Bertz CT molecular complexity index is 680. The maximum atomic E-state index is 13.0. The van der Waals surface area contributed by atoms with Crippen molar-refractivity contribution in [3.8, 4) is 0 Å². The molecule has 0 atom stereocenters. The molecule has 1 nitrogen and oxygen atoms in total. The van der Waals surface area contributed by atoms with Crippen molar-refractivity contribution in [3.05, 3.63) is 73.3 Å². The second-order valence-corrected chi connectivity index (χ2v) is 9.27. The third-order valence-electron chi connectivity index (χ3n) is 2.84. The summed E-state index contributed by atoms with van der Waals surface area (Å²) < 4.78 is 4.09. The molecule has 5 heteroatoms. The molecule has 0 fully saturated rings. The molecule has 0 aliphatic carbocycles. The van der Waals surface area contributed by atoms with Crippen molar-refractivity contribution >= 4 is 64.7 Å². The number of hydrogen-bond donors (Lipinski definition) is 0. The minimum atomic E-state index is -0.00498. The van der Waals surface area contributed by atoms with Crippen molar-refractivity contribution in [2.24, 2.45) is 0 Å². The first-order valence-corrected chi connectivity index (χ1v) is 11.5. The minimum absolute atomic E-state index is 0.00498. The number of hydrogen-bond acceptors (Lipinski definition) is 3. The van der Waals surface area contributed by atoms with E-state index in [-0.39, 0.29) is 20.7 Å². The summed E-state index contributed by atoms with van der Waals surface area (Å²) >= 11 is 6.78. The maximum absolute atomic E-state index is 13.0. The van der Waals surface area contributed by atoms with Gasteiger partial charge in [0.25, 0.3) is 0 Å². The number of thioether (sulfide) groups is 2. The number of halogens is 1. The van der Waals surface area contributed by atoms with Crippen LogP contribution < -0.4 is 4.46 Å². The molecule has 2 aromatic rings. The van der Waals surface area contributed by atoms with E-state index < -0.39 is 0 Å². The van der Waals surface area contributed by atoms with Crippen molar-refractivity contribution in [2.75, 3.05) is 12.5 Å². The molecule has 0 bridgehead atoms. The fourth-order valence-corrected chi connectivity index (χ4v) is 6.70. The van der Waals surface area contributed by atoms with Crippen molar-refractivity contribution in [3.63, 3.8) is 0 Å². The number of ketones is 1. The summed E-state index contributed by atoms with van der Waals surface area (Å²) in [5, 5.41) is 0. The van der Waals surface area contributed by atoms with Crippen molar-refractivity contribution in [1.82, 2.24) is 0 Å². The second kappa shape index (κ2) is 8.99. The van der Waals surface area contributed by atoms with Crippen LogP contribution in [0.1, 0.15) is 10.4 Å². The van der Waals surface area contributed by atoms with Gasteiger partial charge in [-0.2, -0.15) is 0 Å². The molecule has 2 aromatic carbocycles. The van der Waals surface area contributed by atoms with Gasteiger partial charge in [0, 0.05) is 0 Å². The van der Waals surface area contributed by atoms with E-state index in [0.717, 1.165) is 18.7 Å². The molecule has 0 unspecified atom stereocenters. The SMILES string of the molecule is CSC(SC)=C([Se]c1ccccc1)C(=O)c1ccccc1Br. The van der Waals surface area contributed by atoms with E-state index in [0.29, 0.717) is 0 Å². The average Bonchev–Trinajstić information content (AvgIpc) is 2.56. The van der Waals surface area contributed by atoms with Crippen LogP contribution >= 0.6 is 39.5 Å². The van der Waals surface area contributed by atoms with E-state index in [1.165, 1.54) is 4.46 Å². The van der Waals surface area contributed by atoms with Gasteiger partial charge in [-0.15, -0.1) is 0 Å². The fraction of sp³-hybridized carbons (Fsp3) is 0.118. The first-order chi connectivity index (χ1) is 10.7. The first kappa shape index (κ1) is 17.9. The Morgan fingerprint density at radius 2 is 1.55 bits per heavy atom. The van der Waals surface area contributed by atoms with Gasteiger partial charge in [-0.3, -0.25) is 0 Å². The van der Waals surface area contributed by atoms with Crippen LogP contribution in [0.4, 0.5) is 0 Å². The molecule has 0 amide bonds. The van der Waals surface area contributed by atoms with E-state index in [9.17, 15) is 4.79 Å². The zero-order valence-electron chi connectivity index (χ0n) is 12.2. The summed E-state index contributed by atoms with van der Waals surface area (Å²) in [7, 11) is 0. The first-order valence-electron chi connectivity index (χ1n) is 6.51. The van der Waals surface area contributed by atoms with Crippen LogP contribution in [0, 0.1) is 0 Å². The number of Topliss-reactive ketones (excluding diaryl/α,β-unsaturated/α-hetero) is 1. The normalized spacial score (nSPS) is 10.3. The summed E-state index contributed by atoms with van der Waals surface area (Å²) in [5.74, 6) is 0.120. The van der Waals surface area contributed by atoms with Crippen molar-refractivity contribution in [1.29, 1.82) is 0 Å². The standard InChI is InChI=1S/C17H15BrOS2Se/c1-20-17(21-2)16(22-12-8-4-3-5-9-12)15(19)13-10-6-7-11-14(13)18/h3-11H,1-2H3. The quantitative estimate of drug-likeness (QED) is 0.359. The van der Waals surface area contributed by atoms with Crippen LogP contribution in [0.5, 0.6) is 0 Å². The topological polar surface area (TPSA) is 17.1 Å². The summed E-state index contributed by atoms with van der Waals surface area (Å²) in [6.07, 6.45) is 4.06. The molecule has 0 aliphatic heterocycles. The molecule has 0 radical (unpaired) electrons. The van der Waals surface area contributed by atoms with E-state index in [1.807, 2.05) is 55.0 Å². The molecule has 0 N–H and O–H groups in total. The third kappa shape index (κ3) is 4.53. The Labute approximate surface area is 154 Å². The average molecular weight is 458 g/mol. The molecule has 114 valence electrons. The number of allylic oxidation sites excluding steroid dienone is 1. The molecule has 0 heterocycles. The molecule has 0 aliphatic rings. The zero-order valence-corrected chi connectivity index (χ0v) is 17.1. The Balaban J connectivity index is 2.44. The van der Waals surface area contributed by atoms with E-state index in [2.05, 4.69) is 28.1 Å². The summed E-state index contributed by atoms with van der Waals surface area (Å²) in [4.78, 5) is 13.0. The Morgan fingerprint density at radius 3 is 2.14 bits per heavy atom. The number of benzene rings is 2. The van der Waals surface area contributed by atoms with Crippen LogP contribution in [0.3, 0.4) is 0 Å². The molecular weight excluding hydrogens is 443 g/mol. The van der Waals surface area contributed by atoms with Crippen LogP contribution in [0.25, 0.3) is 0 Å². The third-order valence-corrected chi connectivity index (χ3v) is 8.58. The molecule has 0 saturated heterocycles. The molecule has 0 aromatic heterocycles. The number of carbonyl (C=O) groups is 1. The second-order valence-electron chi connectivity index (χ2n) is 4.25. The van der Waals surface area contributed by atoms with E-state index in [4.69, 9.17) is 0 Å². The van der Waals surface area contributed by atoms with Crippen LogP contribution in [-0.4, -0.2) is 33.3 Å². The predicted octanol–water partition coefficient (Wildman–Crippen LogP) is 4.56. The Hall–Kier alpha value is -0.451. The zero-order chi connectivity index (χ0) is 15.9. The summed E-state index contributed by atoms with van der Waals surface area (Å²) in [6, 6.07) is 17.9. The molecule has 22 heavy (non-hydrogen) atoms. The van der Waals surface area contributed by atoms with Gasteiger partial charge >= 0.3 is 155 Å². The fourth-order valence-electron chi connectivity index (χ4n) is 1.82. The summed E-state index contributed by atoms with van der Waals surface area (Å²) in [5.41, 5.74) is 0.732.